The summed E-state index contributed by atoms with van der Waals surface area (Å²) >= 11 is 9.21. The number of halogens is 2. The van der Waals surface area contributed by atoms with Crippen molar-refractivity contribution in [2.45, 2.75) is 13.0 Å². The van der Waals surface area contributed by atoms with Gasteiger partial charge in [0.1, 0.15) is 5.69 Å². The number of nitrogens with one attached hydrogen (secondary N) is 1. The van der Waals surface area contributed by atoms with Crippen molar-refractivity contribution in [3.05, 3.63) is 63.3 Å². The van der Waals surface area contributed by atoms with Crippen LogP contribution < -0.4 is 5.32 Å². The second-order valence-corrected chi connectivity index (χ2v) is 5.46. The Hall–Kier alpha value is -1.39. The predicted molar refractivity (Wildman–Crippen MR) is 79.3 cm³/mol. The first-order chi connectivity index (χ1) is 9.06. The van der Waals surface area contributed by atoms with Crippen molar-refractivity contribution < 1.29 is 4.79 Å². The number of amides is 1. The minimum absolute atomic E-state index is 0.0959. The Bertz CT molecular complexity index is 586. The number of hydrogen-bond donors (Lipinski definition) is 1. The molecule has 0 aliphatic rings. The van der Waals surface area contributed by atoms with Crippen LogP contribution in [0, 0.1) is 0 Å². The monoisotopic (exact) mass is 338 g/mol. The number of pyridine rings is 1. The zero-order valence-corrected chi connectivity index (χ0v) is 12.6. The average molecular weight is 340 g/mol. The molecule has 0 saturated heterocycles. The number of benzene rings is 1. The minimum Gasteiger partial charge on any atom is -0.344 e. The van der Waals surface area contributed by atoms with E-state index in [4.69, 9.17) is 11.6 Å². The van der Waals surface area contributed by atoms with Gasteiger partial charge in [0.25, 0.3) is 5.91 Å². The van der Waals surface area contributed by atoms with E-state index in [-0.39, 0.29) is 11.9 Å². The smallest absolute Gasteiger partial charge is 0.270 e. The SMILES string of the molecule is C[C@@H](NC(=O)c1cc(Cl)ccn1)c1ccc(Br)cc1. The van der Waals surface area contributed by atoms with E-state index in [1.54, 1.807) is 12.1 Å². The molecule has 0 unspecified atom stereocenters. The average Bonchev–Trinajstić information content (AvgIpc) is 2.39. The van der Waals surface area contributed by atoms with Gasteiger partial charge in [-0.05, 0) is 36.8 Å². The molecule has 0 aliphatic heterocycles. The fourth-order valence-electron chi connectivity index (χ4n) is 1.63. The van der Waals surface area contributed by atoms with Crippen LogP contribution in [0.15, 0.2) is 47.1 Å². The fraction of sp³-hybridized carbons (Fsp3) is 0.143. The van der Waals surface area contributed by atoms with Gasteiger partial charge < -0.3 is 5.32 Å². The minimum atomic E-state index is -0.238. The van der Waals surface area contributed by atoms with Gasteiger partial charge in [0, 0.05) is 15.7 Å². The lowest BCUT2D eigenvalue weighted by molar-refractivity contribution is 0.0935. The van der Waals surface area contributed by atoms with Crippen molar-refractivity contribution in [3.63, 3.8) is 0 Å². The van der Waals surface area contributed by atoms with Gasteiger partial charge in [-0.2, -0.15) is 0 Å². The van der Waals surface area contributed by atoms with Crippen molar-refractivity contribution in [1.29, 1.82) is 0 Å². The third-order valence-corrected chi connectivity index (χ3v) is 3.44. The Morgan fingerprint density at radius 1 is 1.32 bits per heavy atom. The molecule has 0 saturated carbocycles. The second-order valence-electron chi connectivity index (χ2n) is 4.11. The summed E-state index contributed by atoms with van der Waals surface area (Å²) in [5.74, 6) is -0.238. The summed E-state index contributed by atoms with van der Waals surface area (Å²) in [7, 11) is 0. The van der Waals surface area contributed by atoms with E-state index in [1.165, 1.54) is 6.20 Å². The van der Waals surface area contributed by atoms with Crippen LogP contribution in [0.5, 0.6) is 0 Å². The van der Waals surface area contributed by atoms with Crippen LogP contribution in [0.4, 0.5) is 0 Å². The van der Waals surface area contributed by atoms with Gasteiger partial charge in [-0.25, -0.2) is 0 Å². The molecule has 1 heterocycles. The van der Waals surface area contributed by atoms with Crippen molar-refractivity contribution in [1.82, 2.24) is 10.3 Å². The first-order valence-corrected chi connectivity index (χ1v) is 6.91. The predicted octanol–water partition coefficient (Wildman–Crippen LogP) is 3.99. The van der Waals surface area contributed by atoms with Crippen LogP contribution in [0.3, 0.4) is 0 Å². The summed E-state index contributed by atoms with van der Waals surface area (Å²) in [6.45, 7) is 1.92. The largest absolute Gasteiger partial charge is 0.344 e. The third-order valence-electron chi connectivity index (χ3n) is 2.67. The van der Waals surface area contributed by atoms with Gasteiger partial charge in [-0.3, -0.25) is 9.78 Å². The normalized spacial score (nSPS) is 11.9. The lowest BCUT2D eigenvalue weighted by Crippen LogP contribution is -2.27. The third kappa shape index (κ3) is 3.78. The molecule has 1 N–H and O–H groups in total. The molecular formula is C14H12BrClN2O. The number of hydrogen-bond acceptors (Lipinski definition) is 2. The summed E-state index contributed by atoms with van der Waals surface area (Å²) < 4.78 is 1.01. The molecule has 3 nitrogen and oxygen atoms in total. The van der Waals surface area contributed by atoms with Gasteiger partial charge in [0.2, 0.25) is 0 Å². The molecular weight excluding hydrogens is 328 g/mol. The first kappa shape index (κ1) is 14.0. The Morgan fingerprint density at radius 2 is 2.00 bits per heavy atom. The number of rotatable bonds is 3. The Balaban J connectivity index is 2.08. The molecule has 1 atom stereocenters. The molecule has 19 heavy (non-hydrogen) atoms. The van der Waals surface area contributed by atoms with Crippen molar-refractivity contribution in [2.75, 3.05) is 0 Å². The molecule has 0 radical (unpaired) electrons. The molecule has 1 aromatic heterocycles. The number of aromatic nitrogens is 1. The first-order valence-electron chi connectivity index (χ1n) is 5.74. The molecule has 0 aliphatic carbocycles. The summed E-state index contributed by atoms with van der Waals surface area (Å²) in [6, 6.07) is 10.9. The zero-order valence-electron chi connectivity index (χ0n) is 10.2. The van der Waals surface area contributed by atoms with E-state index in [1.807, 2.05) is 31.2 Å². The molecule has 0 fully saturated rings. The Labute approximate surface area is 125 Å². The van der Waals surface area contributed by atoms with Crippen LogP contribution in [0.2, 0.25) is 5.02 Å². The Morgan fingerprint density at radius 3 is 2.63 bits per heavy atom. The van der Waals surface area contributed by atoms with E-state index < -0.39 is 0 Å². The molecule has 98 valence electrons. The van der Waals surface area contributed by atoms with Gasteiger partial charge in [-0.1, -0.05) is 39.7 Å². The molecule has 1 amide bonds. The molecule has 2 aromatic rings. The lowest BCUT2D eigenvalue weighted by atomic mass is 10.1. The maximum absolute atomic E-state index is 12.0. The van der Waals surface area contributed by atoms with Crippen LogP contribution in [-0.2, 0) is 0 Å². The van der Waals surface area contributed by atoms with Crippen molar-refractivity contribution in [2.24, 2.45) is 0 Å². The van der Waals surface area contributed by atoms with Crippen LogP contribution in [-0.4, -0.2) is 10.9 Å². The summed E-state index contributed by atoms with van der Waals surface area (Å²) in [4.78, 5) is 16.0. The number of carbonyl (C=O) groups is 1. The van der Waals surface area contributed by atoms with Gasteiger partial charge in [0.05, 0.1) is 6.04 Å². The van der Waals surface area contributed by atoms with Crippen molar-refractivity contribution in [3.8, 4) is 0 Å². The highest BCUT2D eigenvalue weighted by atomic mass is 79.9. The maximum atomic E-state index is 12.0. The highest BCUT2D eigenvalue weighted by Crippen LogP contribution is 2.17. The standard InChI is InChI=1S/C14H12BrClN2O/c1-9(10-2-4-11(15)5-3-10)18-14(19)13-8-12(16)6-7-17-13/h2-9H,1H3,(H,18,19)/t9-/m1/s1. The van der Waals surface area contributed by atoms with Crippen LogP contribution >= 0.6 is 27.5 Å². The molecule has 0 bridgehead atoms. The number of carbonyl (C=O) groups excluding carboxylic acids is 1. The summed E-state index contributed by atoms with van der Waals surface area (Å²) in [5, 5.41) is 3.38. The molecule has 2 rings (SSSR count). The van der Waals surface area contributed by atoms with E-state index in [0.29, 0.717) is 10.7 Å². The van der Waals surface area contributed by atoms with Crippen LogP contribution in [0.25, 0.3) is 0 Å². The van der Waals surface area contributed by atoms with Crippen molar-refractivity contribution >= 4 is 33.4 Å². The lowest BCUT2D eigenvalue weighted by Gasteiger charge is -2.14. The van der Waals surface area contributed by atoms with E-state index >= 15 is 0 Å². The quantitative estimate of drug-likeness (QED) is 0.918. The second kappa shape index (κ2) is 6.17. The molecule has 0 spiro atoms. The zero-order chi connectivity index (χ0) is 13.8. The maximum Gasteiger partial charge on any atom is 0.270 e. The fourth-order valence-corrected chi connectivity index (χ4v) is 2.06. The highest BCUT2D eigenvalue weighted by Gasteiger charge is 2.12. The van der Waals surface area contributed by atoms with Gasteiger partial charge >= 0.3 is 0 Å². The van der Waals surface area contributed by atoms with Gasteiger partial charge in [0.15, 0.2) is 0 Å². The Kier molecular flexibility index (Phi) is 4.56. The molecule has 1 aromatic carbocycles. The summed E-state index contributed by atoms with van der Waals surface area (Å²) in [6.07, 6.45) is 1.52. The van der Waals surface area contributed by atoms with E-state index in [0.717, 1.165) is 10.0 Å². The molecule has 5 heteroatoms. The van der Waals surface area contributed by atoms with Crippen LogP contribution in [0.1, 0.15) is 29.0 Å². The van der Waals surface area contributed by atoms with E-state index in [9.17, 15) is 4.79 Å². The van der Waals surface area contributed by atoms with Gasteiger partial charge in [-0.15, -0.1) is 0 Å². The highest BCUT2D eigenvalue weighted by molar-refractivity contribution is 9.10. The number of nitrogens with zero attached hydrogens (tertiary/aromatic N) is 1. The summed E-state index contributed by atoms with van der Waals surface area (Å²) in [5.41, 5.74) is 1.34. The topological polar surface area (TPSA) is 42.0 Å². The van der Waals surface area contributed by atoms with E-state index in [2.05, 4.69) is 26.2 Å².